The lowest BCUT2D eigenvalue weighted by Crippen LogP contribution is -2.51. The van der Waals surface area contributed by atoms with Gasteiger partial charge in [-0.25, -0.2) is 0 Å². The highest BCUT2D eigenvalue weighted by atomic mass is 32.1. The summed E-state index contributed by atoms with van der Waals surface area (Å²) < 4.78 is 0. The minimum absolute atomic E-state index is 0.172. The third-order valence-electron chi connectivity index (χ3n) is 4.90. The lowest BCUT2D eigenvalue weighted by molar-refractivity contribution is -0.129. The minimum atomic E-state index is -0.626. The van der Waals surface area contributed by atoms with E-state index in [1.807, 2.05) is 0 Å². The molecule has 8 nitrogen and oxygen atoms in total. The number of hydrogen-bond acceptors (Lipinski definition) is 7. The van der Waals surface area contributed by atoms with E-state index in [4.69, 9.17) is 22.9 Å². The third kappa shape index (κ3) is 11.0. The summed E-state index contributed by atoms with van der Waals surface area (Å²) >= 11 is 1.76. The maximum atomic E-state index is 12.7. The molecule has 0 unspecified atom stereocenters. The Labute approximate surface area is 184 Å². The van der Waals surface area contributed by atoms with Crippen molar-refractivity contribution in [3.8, 4) is 0 Å². The molecule has 0 saturated heterocycles. The van der Waals surface area contributed by atoms with Crippen molar-refractivity contribution in [2.75, 3.05) is 26.2 Å². The Hall–Kier alpha value is -1.52. The van der Waals surface area contributed by atoms with Crippen LogP contribution in [0.3, 0.4) is 0 Å². The second-order valence-corrected chi connectivity index (χ2v) is 8.79. The first-order valence-corrected chi connectivity index (χ1v) is 11.8. The molecular formula is C21H40N6O2S. The van der Waals surface area contributed by atoms with Crippen molar-refractivity contribution in [2.45, 2.75) is 69.9 Å². The SMILES string of the molecule is NCCCC[C@@H](N)C(=O)N[C@H](CCCCN)C(=O)NCCc1ccc(CCCN)s1. The molecule has 1 rings (SSSR count). The second-order valence-electron chi connectivity index (χ2n) is 7.54. The zero-order valence-electron chi connectivity index (χ0n) is 18.0. The van der Waals surface area contributed by atoms with E-state index in [-0.39, 0.29) is 11.8 Å². The summed E-state index contributed by atoms with van der Waals surface area (Å²) in [5.74, 6) is -0.461. The number of nitrogens with two attached hydrogens (primary N) is 4. The Balaban J connectivity index is 2.50. The molecule has 0 fully saturated rings. The predicted molar refractivity (Wildman–Crippen MR) is 124 cm³/mol. The average molecular weight is 441 g/mol. The number of amides is 2. The lowest BCUT2D eigenvalue weighted by Gasteiger charge is -2.20. The molecule has 1 aromatic heterocycles. The van der Waals surface area contributed by atoms with Gasteiger partial charge in [-0.3, -0.25) is 9.59 Å². The first-order valence-electron chi connectivity index (χ1n) is 11.0. The zero-order valence-corrected chi connectivity index (χ0v) is 18.9. The summed E-state index contributed by atoms with van der Waals surface area (Å²) in [6, 6.07) is 3.01. The van der Waals surface area contributed by atoms with E-state index >= 15 is 0 Å². The molecule has 0 radical (unpaired) electrons. The fraction of sp³-hybridized carbons (Fsp3) is 0.714. The first kappa shape index (κ1) is 26.5. The van der Waals surface area contributed by atoms with E-state index in [1.54, 1.807) is 11.3 Å². The molecule has 2 amide bonds. The van der Waals surface area contributed by atoms with Crippen molar-refractivity contribution in [1.82, 2.24) is 10.6 Å². The first-order chi connectivity index (χ1) is 14.5. The van der Waals surface area contributed by atoms with Crippen LogP contribution in [0.4, 0.5) is 0 Å². The highest BCUT2D eigenvalue weighted by molar-refractivity contribution is 7.11. The Morgan fingerprint density at radius 1 is 0.833 bits per heavy atom. The predicted octanol–water partition coefficient (Wildman–Crippen LogP) is 0.368. The summed E-state index contributed by atoms with van der Waals surface area (Å²) in [4.78, 5) is 27.6. The van der Waals surface area contributed by atoms with Crippen LogP contribution in [-0.2, 0) is 22.4 Å². The summed E-state index contributed by atoms with van der Waals surface area (Å²) in [6.07, 6.45) is 7.05. The van der Waals surface area contributed by atoms with Crippen molar-refractivity contribution in [3.63, 3.8) is 0 Å². The third-order valence-corrected chi connectivity index (χ3v) is 6.11. The fourth-order valence-electron chi connectivity index (χ4n) is 3.08. The molecule has 1 aromatic rings. The molecule has 0 aliphatic rings. The van der Waals surface area contributed by atoms with Gasteiger partial charge >= 0.3 is 0 Å². The number of hydrogen-bond donors (Lipinski definition) is 6. The number of carbonyl (C=O) groups excluding carboxylic acids is 2. The van der Waals surface area contributed by atoms with E-state index in [2.05, 4.69) is 22.8 Å². The van der Waals surface area contributed by atoms with E-state index < -0.39 is 12.1 Å². The Morgan fingerprint density at radius 2 is 1.43 bits per heavy atom. The quantitative estimate of drug-likeness (QED) is 0.192. The van der Waals surface area contributed by atoms with Crippen molar-refractivity contribution >= 4 is 23.2 Å². The maximum absolute atomic E-state index is 12.7. The monoisotopic (exact) mass is 440 g/mol. The highest BCUT2D eigenvalue weighted by Crippen LogP contribution is 2.18. The summed E-state index contributed by atoms with van der Waals surface area (Å²) in [7, 11) is 0. The zero-order chi connectivity index (χ0) is 22.2. The Kier molecular flexibility index (Phi) is 14.3. The molecule has 9 heteroatoms. The Morgan fingerprint density at radius 3 is 2.07 bits per heavy atom. The van der Waals surface area contributed by atoms with Gasteiger partial charge in [0.1, 0.15) is 6.04 Å². The van der Waals surface area contributed by atoms with Gasteiger partial charge < -0.3 is 33.6 Å². The van der Waals surface area contributed by atoms with Crippen molar-refractivity contribution in [1.29, 1.82) is 0 Å². The summed E-state index contributed by atoms with van der Waals surface area (Å²) in [5.41, 5.74) is 22.6. The van der Waals surface area contributed by atoms with Crippen molar-refractivity contribution < 1.29 is 9.59 Å². The minimum Gasteiger partial charge on any atom is -0.354 e. The molecule has 0 spiro atoms. The van der Waals surface area contributed by atoms with Crippen LogP contribution in [0.25, 0.3) is 0 Å². The maximum Gasteiger partial charge on any atom is 0.242 e. The molecular weight excluding hydrogens is 400 g/mol. The molecule has 0 aromatic carbocycles. The van der Waals surface area contributed by atoms with Crippen LogP contribution >= 0.6 is 11.3 Å². The van der Waals surface area contributed by atoms with Crippen LogP contribution in [0.5, 0.6) is 0 Å². The smallest absolute Gasteiger partial charge is 0.242 e. The van der Waals surface area contributed by atoms with Gasteiger partial charge in [-0.05, 0) is 83.1 Å². The van der Waals surface area contributed by atoms with Gasteiger partial charge in [0.05, 0.1) is 6.04 Å². The molecule has 30 heavy (non-hydrogen) atoms. The van der Waals surface area contributed by atoms with E-state index in [0.29, 0.717) is 39.0 Å². The van der Waals surface area contributed by atoms with Crippen LogP contribution in [0, 0.1) is 0 Å². The number of carbonyl (C=O) groups is 2. The van der Waals surface area contributed by atoms with Gasteiger partial charge in [0.2, 0.25) is 11.8 Å². The molecule has 172 valence electrons. The van der Waals surface area contributed by atoms with Gasteiger partial charge in [0, 0.05) is 16.3 Å². The van der Waals surface area contributed by atoms with Gasteiger partial charge in [0.25, 0.3) is 0 Å². The van der Waals surface area contributed by atoms with E-state index in [9.17, 15) is 9.59 Å². The number of aryl methyl sites for hydroxylation is 1. The van der Waals surface area contributed by atoms with Gasteiger partial charge in [-0.1, -0.05) is 6.42 Å². The standard InChI is InChI=1S/C21H40N6O2S/c22-12-3-1-7-18(25)20(28)27-19(8-2-4-13-23)21(29)26-15-11-17-10-9-16(30-17)6-5-14-24/h9-10,18-19H,1-8,11-15,22-25H2,(H,26,29)(H,27,28)/t18-,19-/m1/s1. The molecule has 1 heterocycles. The molecule has 0 bridgehead atoms. The number of nitrogens with one attached hydrogen (secondary N) is 2. The topological polar surface area (TPSA) is 162 Å². The van der Waals surface area contributed by atoms with Gasteiger partial charge in [-0.15, -0.1) is 11.3 Å². The van der Waals surface area contributed by atoms with Crippen LogP contribution in [0.1, 0.15) is 54.7 Å². The normalized spacial score (nSPS) is 13.1. The van der Waals surface area contributed by atoms with Gasteiger partial charge in [0.15, 0.2) is 0 Å². The van der Waals surface area contributed by atoms with Gasteiger partial charge in [-0.2, -0.15) is 0 Å². The Bertz CT molecular complexity index is 610. The molecule has 0 aliphatic heterocycles. The number of unbranched alkanes of at least 4 members (excludes halogenated alkanes) is 2. The molecule has 0 saturated carbocycles. The highest BCUT2D eigenvalue weighted by Gasteiger charge is 2.23. The summed E-state index contributed by atoms with van der Waals surface area (Å²) in [5, 5.41) is 5.77. The summed E-state index contributed by atoms with van der Waals surface area (Å²) in [6.45, 7) is 2.36. The van der Waals surface area contributed by atoms with Crippen LogP contribution in [0.15, 0.2) is 12.1 Å². The van der Waals surface area contributed by atoms with E-state index in [1.165, 1.54) is 9.75 Å². The lowest BCUT2D eigenvalue weighted by atomic mass is 10.1. The van der Waals surface area contributed by atoms with Crippen molar-refractivity contribution in [2.24, 2.45) is 22.9 Å². The van der Waals surface area contributed by atoms with Crippen LogP contribution in [0.2, 0.25) is 0 Å². The molecule has 0 aliphatic carbocycles. The van der Waals surface area contributed by atoms with Crippen molar-refractivity contribution in [3.05, 3.63) is 21.9 Å². The molecule has 2 atom stereocenters. The second kappa shape index (κ2) is 16.2. The fourth-order valence-corrected chi connectivity index (χ4v) is 4.14. The van der Waals surface area contributed by atoms with Crippen LogP contribution in [-0.4, -0.2) is 50.1 Å². The molecule has 10 N–H and O–H groups in total. The average Bonchev–Trinajstić information content (AvgIpc) is 3.19. The number of thiophene rings is 1. The number of rotatable bonds is 17. The van der Waals surface area contributed by atoms with E-state index in [0.717, 1.165) is 44.9 Å². The van der Waals surface area contributed by atoms with Crippen LogP contribution < -0.4 is 33.6 Å². The largest absolute Gasteiger partial charge is 0.354 e.